The lowest BCUT2D eigenvalue weighted by molar-refractivity contribution is 0.102. The average molecular weight is 394 g/mol. The smallest absolute Gasteiger partial charge is 0.191 e. The molecule has 0 aromatic heterocycles. The van der Waals surface area contributed by atoms with E-state index in [1.807, 2.05) is 6.08 Å². The number of guanidine groups is 1. The molecule has 0 spiro atoms. The Morgan fingerprint density at radius 1 is 1.25 bits per heavy atom. The van der Waals surface area contributed by atoms with Gasteiger partial charge >= 0.3 is 0 Å². The van der Waals surface area contributed by atoms with Crippen molar-refractivity contribution in [2.75, 3.05) is 32.7 Å². The summed E-state index contributed by atoms with van der Waals surface area (Å²) in [4.78, 5) is 7.27. The van der Waals surface area contributed by atoms with Crippen LogP contribution in [0.3, 0.4) is 0 Å². The Hall–Kier alpha value is -0.300. The molecule has 118 valence electrons. The molecule has 1 rings (SSSR count). The normalized spacial score (nSPS) is 17.2. The summed E-state index contributed by atoms with van der Waals surface area (Å²) in [7, 11) is 0. The molecule has 0 radical (unpaired) electrons. The van der Waals surface area contributed by atoms with Crippen molar-refractivity contribution in [2.24, 2.45) is 4.99 Å². The van der Waals surface area contributed by atoms with E-state index in [1.54, 1.807) is 0 Å². The predicted molar refractivity (Wildman–Crippen MR) is 99.1 cm³/mol. The zero-order chi connectivity index (χ0) is 14.1. The molecular formula is C15H31IN4. The second-order valence-corrected chi connectivity index (χ2v) is 5.72. The van der Waals surface area contributed by atoms with Crippen LogP contribution in [0.15, 0.2) is 17.6 Å². The third-order valence-electron chi connectivity index (χ3n) is 3.59. The van der Waals surface area contributed by atoms with Crippen LogP contribution >= 0.6 is 24.0 Å². The monoisotopic (exact) mass is 394 g/mol. The van der Waals surface area contributed by atoms with E-state index in [9.17, 15) is 0 Å². The highest BCUT2D eigenvalue weighted by Crippen LogP contribution is 2.20. The highest BCUT2D eigenvalue weighted by molar-refractivity contribution is 14.0. The molecule has 1 heterocycles. The minimum Gasteiger partial charge on any atom is -0.357 e. The Bertz CT molecular complexity index is 296. The number of nitrogens with one attached hydrogen (secondary N) is 2. The first-order chi connectivity index (χ1) is 9.10. The first kappa shape index (κ1) is 19.7. The zero-order valence-corrected chi connectivity index (χ0v) is 15.6. The van der Waals surface area contributed by atoms with Crippen molar-refractivity contribution in [3.8, 4) is 0 Å². The molecule has 5 heteroatoms. The summed E-state index contributed by atoms with van der Waals surface area (Å²) in [6.45, 7) is 15.2. The third kappa shape index (κ3) is 6.92. The van der Waals surface area contributed by atoms with Gasteiger partial charge in [-0.2, -0.15) is 0 Å². The van der Waals surface area contributed by atoms with E-state index in [0.29, 0.717) is 0 Å². The fraction of sp³-hybridized carbons (Fsp3) is 0.800. The van der Waals surface area contributed by atoms with E-state index in [4.69, 9.17) is 4.99 Å². The fourth-order valence-corrected chi connectivity index (χ4v) is 2.38. The number of hydrogen-bond acceptors (Lipinski definition) is 2. The van der Waals surface area contributed by atoms with Crippen LogP contribution < -0.4 is 10.6 Å². The predicted octanol–water partition coefficient (Wildman–Crippen LogP) is 2.61. The lowest BCUT2D eigenvalue weighted by Gasteiger charge is -2.40. The highest BCUT2D eigenvalue weighted by Gasteiger charge is 2.27. The number of hydrogen-bond donors (Lipinski definition) is 2. The van der Waals surface area contributed by atoms with E-state index in [0.717, 1.165) is 25.6 Å². The number of nitrogens with zero attached hydrogens (tertiary/aromatic N) is 2. The molecule has 1 fully saturated rings. The maximum Gasteiger partial charge on any atom is 0.191 e. The molecule has 1 saturated heterocycles. The first-order valence-electron chi connectivity index (χ1n) is 7.48. The SMILES string of the molecule is C=CCNC(=NCC(C)(C)N1CCCCC1)NCC.I. The molecule has 0 atom stereocenters. The topological polar surface area (TPSA) is 39.7 Å². The zero-order valence-electron chi connectivity index (χ0n) is 13.2. The van der Waals surface area contributed by atoms with Gasteiger partial charge in [-0.05, 0) is 46.7 Å². The van der Waals surface area contributed by atoms with Crippen molar-refractivity contribution in [1.82, 2.24) is 15.5 Å². The molecule has 0 amide bonds. The molecule has 4 nitrogen and oxygen atoms in total. The Kier molecular flexibility index (Phi) is 10.3. The van der Waals surface area contributed by atoms with Crippen LogP contribution in [-0.4, -0.2) is 49.1 Å². The standard InChI is InChI=1S/C15H30N4.HI/c1-5-10-17-14(16-6-2)18-13-15(3,4)19-11-8-7-9-12-19;/h5H,1,6-13H2,2-4H3,(H2,16,17,18);1H. The largest absolute Gasteiger partial charge is 0.357 e. The Balaban J connectivity index is 0.00000361. The lowest BCUT2D eigenvalue weighted by atomic mass is 9.99. The van der Waals surface area contributed by atoms with E-state index >= 15 is 0 Å². The van der Waals surface area contributed by atoms with Crippen LogP contribution in [-0.2, 0) is 0 Å². The van der Waals surface area contributed by atoms with Crippen molar-refractivity contribution in [3.05, 3.63) is 12.7 Å². The number of halogens is 1. The van der Waals surface area contributed by atoms with Crippen LogP contribution in [0.25, 0.3) is 0 Å². The summed E-state index contributed by atoms with van der Waals surface area (Å²) in [6.07, 6.45) is 5.87. The van der Waals surface area contributed by atoms with E-state index < -0.39 is 0 Å². The summed E-state index contributed by atoms with van der Waals surface area (Å²) < 4.78 is 0. The molecular weight excluding hydrogens is 363 g/mol. The quantitative estimate of drug-likeness (QED) is 0.315. The van der Waals surface area contributed by atoms with Gasteiger partial charge in [-0.3, -0.25) is 9.89 Å². The van der Waals surface area contributed by atoms with Gasteiger partial charge < -0.3 is 10.6 Å². The molecule has 0 bridgehead atoms. The molecule has 1 aliphatic heterocycles. The molecule has 0 aromatic rings. The maximum absolute atomic E-state index is 4.70. The molecule has 0 aromatic carbocycles. The van der Waals surface area contributed by atoms with Crippen molar-refractivity contribution in [3.63, 3.8) is 0 Å². The number of piperidine rings is 1. The van der Waals surface area contributed by atoms with Gasteiger partial charge in [-0.1, -0.05) is 12.5 Å². The van der Waals surface area contributed by atoms with Crippen LogP contribution in [0.1, 0.15) is 40.0 Å². The van der Waals surface area contributed by atoms with Gasteiger partial charge in [-0.15, -0.1) is 30.6 Å². The second-order valence-electron chi connectivity index (χ2n) is 5.72. The highest BCUT2D eigenvalue weighted by atomic mass is 127. The summed E-state index contributed by atoms with van der Waals surface area (Å²) in [5.41, 5.74) is 0.136. The number of rotatable bonds is 6. The average Bonchev–Trinajstić information content (AvgIpc) is 2.43. The van der Waals surface area contributed by atoms with E-state index in [1.165, 1.54) is 32.4 Å². The van der Waals surface area contributed by atoms with Gasteiger partial charge in [0.2, 0.25) is 0 Å². The molecule has 0 saturated carbocycles. The minimum atomic E-state index is 0. The summed E-state index contributed by atoms with van der Waals surface area (Å²) in [5.74, 6) is 0.882. The van der Waals surface area contributed by atoms with Gasteiger partial charge in [0.05, 0.1) is 6.54 Å². The van der Waals surface area contributed by atoms with Gasteiger partial charge in [0.15, 0.2) is 5.96 Å². The fourth-order valence-electron chi connectivity index (χ4n) is 2.38. The summed E-state index contributed by atoms with van der Waals surface area (Å²) >= 11 is 0. The minimum absolute atomic E-state index is 0. The molecule has 0 aliphatic carbocycles. The Morgan fingerprint density at radius 2 is 1.90 bits per heavy atom. The van der Waals surface area contributed by atoms with Crippen LogP contribution in [0.2, 0.25) is 0 Å². The van der Waals surface area contributed by atoms with Gasteiger partial charge in [0, 0.05) is 18.6 Å². The lowest BCUT2D eigenvalue weighted by Crippen LogP contribution is -2.49. The van der Waals surface area contributed by atoms with E-state index in [2.05, 4.69) is 42.9 Å². The van der Waals surface area contributed by atoms with Crippen LogP contribution in [0.4, 0.5) is 0 Å². The Labute approximate surface area is 141 Å². The number of likely N-dealkylation sites (tertiary alicyclic amines) is 1. The van der Waals surface area contributed by atoms with Gasteiger partial charge in [0.1, 0.15) is 0 Å². The van der Waals surface area contributed by atoms with Gasteiger partial charge in [-0.25, -0.2) is 0 Å². The molecule has 2 N–H and O–H groups in total. The summed E-state index contributed by atoms with van der Waals surface area (Å²) in [6, 6.07) is 0. The second kappa shape index (κ2) is 10.4. The van der Waals surface area contributed by atoms with E-state index in [-0.39, 0.29) is 29.5 Å². The molecule has 20 heavy (non-hydrogen) atoms. The third-order valence-corrected chi connectivity index (χ3v) is 3.59. The summed E-state index contributed by atoms with van der Waals surface area (Å²) in [5, 5.41) is 6.51. The first-order valence-corrected chi connectivity index (χ1v) is 7.48. The van der Waals surface area contributed by atoms with Gasteiger partial charge in [0.25, 0.3) is 0 Å². The Morgan fingerprint density at radius 3 is 2.45 bits per heavy atom. The van der Waals surface area contributed by atoms with Crippen molar-refractivity contribution in [1.29, 1.82) is 0 Å². The van der Waals surface area contributed by atoms with Crippen molar-refractivity contribution in [2.45, 2.75) is 45.6 Å². The number of aliphatic imine (C=N–C) groups is 1. The molecule has 1 aliphatic rings. The van der Waals surface area contributed by atoms with Crippen LogP contribution in [0.5, 0.6) is 0 Å². The maximum atomic E-state index is 4.70. The molecule has 0 unspecified atom stereocenters. The van der Waals surface area contributed by atoms with Crippen molar-refractivity contribution < 1.29 is 0 Å². The van der Waals surface area contributed by atoms with Crippen molar-refractivity contribution >= 4 is 29.9 Å². The van der Waals surface area contributed by atoms with Crippen LogP contribution in [0, 0.1) is 0 Å².